The predicted octanol–water partition coefficient (Wildman–Crippen LogP) is 3.07. The molecule has 22 heavy (non-hydrogen) atoms. The topological polar surface area (TPSA) is 43.8 Å². The van der Waals surface area contributed by atoms with Gasteiger partial charge in [-0.2, -0.15) is 0 Å². The Morgan fingerprint density at radius 1 is 1.18 bits per heavy atom. The van der Waals surface area contributed by atoms with Gasteiger partial charge in [0.1, 0.15) is 0 Å². The normalized spacial score (nSPS) is 23.8. The second-order valence-electron chi connectivity index (χ2n) is 7.69. The van der Waals surface area contributed by atoms with Gasteiger partial charge in [-0.15, -0.1) is 0 Å². The van der Waals surface area contributed by atoms with E-state index < -0.39 is 5.97 Å². The quantitative estimate of drug-likeness (QED) is 0.785. The van der Waals surface area contributed by atoms with E-state index in [0.29, 0.717) is 6.04 Å². The van der Waals surface area contributed by atoms with Gasteiger partial charge in [-0.05, 0) is 51.2 Å². The van der Waals surface area contributed by atoms with Crippen molar-refractivity contribution < 1.29 is 9.90 Å². The van der Waals surface area contributed by atoms with Gasteiger partial charge < -0.3 is 10.0 Å². The maximum atomic E-state index is 10.8. The fourth-order valence-corrected chi connectivity index (χ4v) is 4.39. The molecule has 1 heterocycles. The fraction of sp³-hybridized carbons (Fsp3) is 0.944. The molecule has 2 rings (SSSR count). The SMILES string of the molecule is CC(CC1CCCCC1)CN1CCC(N(C)CC(=O)O)CC1. The van der Waals surface area contributed by atoms with Gasteiger partial charge in [-0.1, -0.05) is 39.0 Å². The van der Waals surface area contributed by atoms with Gasteiger partial charge >= 0.3 is 5.97 Å². The zero-order chi connectivity index (χ0) is 15.9. The molecule has 0 spiro atoms. The Kier molecular flexibility index (Phi) is 7.16. The maximum Gasteiger partial charge on any atom is 0.317 e. The maximum absolute atomic E-state index is 10.8. The van der Waals surface area contributed by atoms with Crippen LogP contribution in [0, 0.1) is 11.8 Å². The lowest BCUT2D eigenvalue weighted by atomic mass is 9.83. The second kappa shape index (κ2) is 8.88. The van der Waals surface area contributed by atoms with Crippen molar-refractivity contribution in [2.45, 2.75) is 64.3 Å². The van der Waals surface area contributed by atoms with Crippen LogP contribution in [0.4, 0.5) is 0 Å². The highest BCUT2D eigenvalue weighted by atomic mass is 16.4. The molecule has 4 heteroatoms. The summed E-state index contributed by atoms with van der Waals surface area (Å²) < 4.78 is 0. The van der Waals surface area contributed by atoms with Gasteiger partial charge in [-0.3, -0.25) is 9.69 Å². The van der Waals surface area contributed by atoms with Crippen LogP contribution < -0.4 is 0 Å². The smallest absolute Gasteiger partial charge is 0.317 e. The van der Waals surface area contributed by atoms with Gasteiger partial charge in [0.05, 0.1) is 6.54 Å². The molecule has 2 aliphatic rings. The molecule has 4 nitrogen and oxygen atoms in total. The van der Waals surface area contributed by atoms with E-state index in [9.17, 15) is 4.79 Å². The molecule has 1 atom stereocenters. The summed E-state index contributed by atoms with van der Waals surface area (Å²) in [5, 5.41) is 8.89. The van der Waals surface area contributed by atoms with Crippen LogP contribution in [0.25, 0.3) is 0 Å². The van der Waals surface area contributed by atoms with E-state index in [4.69, 9.17) is 5.11 Å². The molecule has 1 saturated heterocycles. The molecule has 2 fully saturated rings. The summed E-state index contributed by atoms with van der Waals surface area (Å²) in [5.74, 6) is 1.06. The van der Waals surface area contributed by atoms with E-state index in [1.165, 1.54) is 45.1 Å². The highest BCUT2D eigenvalue weighted by Gasteiger charge is 2.25. The Balaban J connectivity index is 1.64. The van der Waals surface area contributed by atoms with Crippen LogP contribution in [-0.4, -0.2) is 60.1 Å². The fourth-order valence-electron chi connectivity index (χ4n) is 4.39. The van der Waals surface area contributed by atoms with E-state index in [1.807, 2.05) is 11.9 Å². The molecule has 0 aromatic heterocycles. The molecule has 0 aromatic rings. The number of piperidine rings is 1. The monoisotopic (exact) mass is 310 g/mol. The van der Waals surface area contributed by atoms with Crippen LogP contribution in [0.1, 0.15) is 58.3 Å². The van der Waals surface area contributed by atoms with E-state index in [1.54, 1.807) is 0 Å². The Morgan fingerprint density at radius 3 is 2.41 bits per heavy atom. The van der Waals surface area contributed by atoms with Crippen molar-refractivity contribution in [3.63, 3.8) is 0 Å². The first kappa shape index (κ1) is 17.7. The number of rotatable bonds is 7. The molecule has 1 saturated carbocycles. The number of carboxylic acid groups (broad SMARTS) is 1. The van der Waals surface area contributed by atoms with Crippen LogP contribution in [0.15, 0.2) is 0 Å². The molecule has 1 aliphatic carbocycles. The number of hydrogen-bond donors (Lipinski definition) is 1. The lowest BCUT2D eigenvalue weighted by molar-refractivity contribution is -0.138. The van der Waals surface area contributed by atoms with Crippen molar-refractivity contribution in [1.29, 1.82) is 0 Å². The minimum Gasteiger partial charge on any atom is -0.480 e. The first-order valence-corrected chi connectivity index (χ1v) is 9.19. The number of hydrogen-bond acceptors (Lipinski definition) is 3. The lowest BCUT2D eigenvalue weighted by Gasteiger charge is -2.37. The first-order valence-electron chi connectivity index (χ1n) is 9.19. The Morgan fingerprint density at radius 2 is 1.82 bits per heavy atom. The minimum atomic E-state index is -0.717. The summed E-state index contributed by atoms with van der Waals surface area (Å²) in [4.78, 5) is 15.4. The minimum absolute atomic E-state index is 0.169. The van der Waals surface area contributed by atoms with Crippen LogP contribution in [-0.2, 0) is 4.79 Å². The number of carboxylic acids is 1. The van der Waals surface area contributed by atoms with Crippen LogP contribution in [0.2, 0.25) is 0 Å². The summed E-state index contributed by atoms with van der Waals surface area (Å²) >= 11 is 0. The first-order chi connectivity index (χ1) is 10.5. The van der Waals surface area contributed by atoms with Crippen molar-refractivity contribution in [2.24, 2.45) is 11.8 Å². The second-order valence-corrected chi connectivity index (χ2v) is 7.69. The van der Waals surface area contributed by atoms with Crippen molar-refractivity contribution >= 4 is 5.97 Å². The highest BCUT2D eigenvalue weighted by molar-refractivity contribution is 5.69. The molecule has 1 aliphatic heterocycles. The molecular weight excluding hydrogens is 276 g/mol. The predicted molar refractivity (Wildman–Crippen MR) is 90.1 cm³/mol. The molecule has 1 unspecified atom stereocenters. The van der Waals surface area contributed by atoms with Crippen molar-refractivity contribution in [3.8, 4) is 0 Å². The average molecular weight is 310 g/mol. The van der Waals surface area contributed by atoms with E-state index in [2.05, 4.69) is 11.8 Å². The van der Waals surface area contributed by atoms with Crippen LogP contribution in [0.3, 0.4) is 0 Å². The number of likely N-dealkylation sites (N-methyl/N-ethyl adjacent to an activating group) is 1. The van der Waals surface area contributed by atoms with Crippen LogP contribution >= 0.6 is 0 Å². The molecule has 0 radical (unpaired) electrons. The molecule has 0 bridgehead atoms. The third-order valence-corrected chi connectivity index (χ3v) is 5.60. The van der Waals surface area contributed by atoms with Gasteiger partial charge in [0, 0.05) is 12.6 Å². The lowest BCUT2D eigenvalue weighted by Crippen LogP contribution is -2.45. The number of nitrogens with zero attached hydrogens (tertiary/aromatic N) is 2. The average Bonchev–Trinajstić information content (AvgIpc) is 2.48. The Bertz CT molecular complexity index is 334. The summed E-state index contributed by atoms with van der Waals surface area (Å²) in [6.45, 7) is 6.07. The van der Waals surface area contributed by atoms with Crippen molar-refractivity contribution in [2.75, 3.05) is 33.2 Å². The van der Waals surface area contributed by atoms with E-state index in [0.717, 1.165) is 37.8 Å². The van der Waals surface area contributed by atoms with Crippen molar-refractivity contribution in [3.05, 3.63) is 0 Å². The Hall–Kier alpha value is -0.610. The zero-order valence-electron chi connectivity index (χ0n) is 14.5. The summed E-state index contributed by atoms with van der Waals surface area (Å²) in [7, 11) is 1.94. The van der Waals surface area contributed by atoms with E-state index in [-0.39, 0.29) is 6.54 Å². The molecule has 128 valence electrons. The number of likely N-dealkylation sites (tertiary alicyclic amines) is 1. The summed E-state index contributed by atoms with van der Waals surface area (Å²) in [6.07, 6.45) is 10.9. The van der Waals surface area contributed by atoms with Crippen LogP contribution in [0.5, 0.6) is 0 Å². The highest BCUT2D eigenvalue weighted by Crippen LogP contribution is 2.29. The number of carbonyl (C=O) groups is 1. The molecule has 0 amide bonds. The number of aliphatic carboxylic acids is 1. The summed E-state index contributed by atoms with van der Waals surface area (Å²) in [6, 6.07) is 0.445. The third kappa shape index (κ3) is 5.88. The van der Waals surface area contributed by atoms with Crippen molar-refractivity contribution in [1.82, 2.24) is 9.80 Å². The van der Waals surface area contributed by atoms with Gasteiger partial charge in [-0.25, -0.2) is 0 Å². The largest absolute Gasteiger partial charge is 0.480 e. The van der Waals surface area contributed by atoms with Gasteiger partial charge in [0.25, 0.3) is 0 Å². The molecule has 1 N–H and O–H groups in total. The molecular formula is C18H34N2O2. The van der Waals surface area contributed by atoms with Gasteiger partial charge in [0.2, 0.25) is 0 Å². The standard InChI is InChI=1S/C18H34N2O2/c1-15(12-16-6-4-3-5-7-16)13-20-10-8-17(9-11-20)19(2)14-18(21)22/h15-17H,3-14H2,1-2H3,(H,21,22). The Labute approximate surface area is 135 Å². The van der Waals surface area contributed by atoms with Gasteiger partial charge in [0.15, 0.2) is 0 Å². The molecule has 0 aromatic carbocycles. The summed E-state index contributed by atoms with van der Waals surface area (Å²) in [5.41, 5.74) is 0. The van der Waals surface area contributed by atoms with E-state index >= 15 is 0 Å². The zero-order valence-corrected chi connectivity index (χ0v) is 14.5. The third-order valence-electron chi connectivity index (χ3n) is 5.60.